The maximum Gasteiger partial charge on any atom is 0.226 e. The van der Waals surface area contributed by atoms with Crippen LogP contribution in [0, 0.1) is 6.92 Å². The smallest absolute Gasteiger partial charge is 0.226 e. The third kappa shape index (κ3) is 4.13. The van der Waals surface area contributed by atoms with Crippen LogP contribution in [0.1, 0.15) is 19.0 Å². The van der Waals surface area contributed by atoms with Crippen LogP contribution in [0.3, 0.4) is 0 Å². The fourth-order valence-electron chi connectivity index (χ4n) is 1.67. The molecule has 0 aliphatic carbocycles. The van der Waals surface area contributed by atoms with Gasteiger partial charge in [0.1, 0.15) is 5.75 Å². The molecule has 0 saturated heterocycles. The molecule has 0 unspecified atom stereocenters. The summed E-state index contributed by atoms with van der Waals surface area (Å²) in [6.07, 6.45) is 3.08. The van der Waals surface area contributed by atoms with Gasteiger partial charge in [-0.15, -0.1) is 11.8 Å². The van der Waals surface area contributed by atoms with E-state index in [0.29, 0.717) is 11.8 Å². The summed E-state index contributed by atoms with van der Waals surface area (Å²) in [5, 5.41) is 3.17. The zero-order chi connectivity index (χ0) is 14.4. The Hall–Kier alpha value is -1.75. The molecule has 1 heterocycles. The number of anilines is 1. The Kier molecular flexibility index (Phi) is 5.24. The second-order valence-electron chi connectivity index (χ2n) is 4.38. The molecule has 0 fully saturated rings. The molecule has 0 radical (unpaired) electrons. The predicted octanol–water partition coefficient (Wildman–Crippen LogP) is 4.12. The highest BCUT2D eigenvalue weighted by Gasteiger charge is 2.04. The SMILES string of the molecule is CCCNc1nc(C)cc(Oc2ccc(SC)cc2)n1. The zero-order valence-electron chi connectivity index (χ0n) is 12.0. The van der Waals surface area contributed by atoms with Gasteiger partial charge in [0.2, 0.25) is 11.8 Å². The molecule has 1 N–H and O–H groups in total. The van der Waals surface area contributed by atoms with Crippen molar-refractivity contribution in [3.63, 3.8) is 0 Å². The van der Waals surface area contributed by atoms with Crippen molar-refractivity contribution in [1.29, 1.82) is 0 Å². The van der Waals surface area contributed by atoms with Crippen LogP contribution in [0.15, 0.2) is 35.2 Å². The molecule has 5 heteroatoms. The molecule has 0 aliphatic rings. The lowest BCUT2D eigenvalue weighted by Gasteiger charge is -2.09. The van der Waals surface area contributed by atoms with Crippen molar-refractivity contribution < 1.29 is 4.74 Å². The first-order chi connectivity index (χ1) is 9.71. The van der Waals surface area contributed by atoms with E-state index in [1.165, 1.54) is 4.90 Å². The van der Waals surface area contributed by atoms with E-state index in [1.807, 2.05) is 37.3 Å². The summed E-state index contributed by atoms with van der Waals surface area (Å²) in [7, 11) is 0. The molecule has 0 bridgehead atoms. The minimum absolute atomic E-state index is 0.563. The van der Waals surface area contributed by atoms with Crippen LogP contribution in [-0.2, 0) is 0 Å². The molecule has 2 aromatic rings. The van der Waals surface area contributed by atoms with Crippen molar-refractivity contribution in [2.24, 2.45) is 0 Å². The standard InChI is InChI=1S/C15H19N3OS/c1-4-9-16-15-17-11(2)10-14(18-15)19-12-5-7-13(20-3)8-6-12/h5-8,10H,4,9H2,1-3H3,(H,16,17,18). The summed E-state index contributed by atoms with van der Waals surface area (Å²) in [5.41, 5.74) is 0.884. The number of nitrogens with zero attached hydrogens (tertiary/aromatic N) is 2. The maximum absolute atomic E-state index is 5.78. The molecule has 0 saturated carbocycles. The van der Waals surface area contributed by atoms with Crippen molar-refractivity contribution in [3.05, 3.63) is 36.0 Å². The topological polar surface area (TPSA) is 47.0 Å². The zero-order valence-corrected chi connectivity index (χ0v) is 12.8. The van der Waals surface area contributed by atoms with Crippen molar-refractivity contribution in [3.8, 4) is 11.6 Å². The fourth-order valence-corrected chi connectivity index (χ4v) is 2.08. The molecule has 0 spiro atoms. The van der Waals surface area contributed by atoms with Gasteiger partial charge in [-0.2, -0.15) is 4.98 Å². The highest BCUT2D eigenvalue weighted by atomic mass is 32.2. The van der Waals surface area contributed by atoms with Gasteiger partial charge in [0.05, 0.1) is 0 Å². The van der Waals surface area contributed by atoms with Crippen LogP contribution in [0.5, 0.6) is 11.6 Å². The van der Waals surface area contributed by atoms with E-state index >= 15 is 0 Å². The molecule has 0 atom stereocenters. The Morgan fingerprint density at radius 1 is 1.20 bits per heavy atom. The molecule has 1 aromatic heterocycles. The first-order valence-corrected chi connectivity index (χ1v) is 7.85. The Morgan fingerprint density at radius 2 is 1.95 bits per heavy atom. The quantitative estimate of drug-likeness (QED) is 0.810. The Morgan fingerprint density at radius 3 is 2.60 bits per heavy atom. The molecule has 2 rings (SSSR count). The number of rotatable bonds is 6. The van der Waals surface area contributed by atoms with Gasteiger partial charge in [0, 0.05) is 23.2 Å². The van der Waals surface area contributed by atoms with E-state index in [2.05, 4.69) is 28.5 Å². The van der Waals surface area contributed by atoms with Crippen molar-refractivity contribution in [2.45, 2.75) is 25.2 Å². The number of benzene rings is 1. The van der Waals surface area contributed by atoms with Crippen molar-refractivity contribution in [2.75, 3.05) is 18.1 Å². The van der Waals surface area contributed by atoms with Gasteiger partial charge in [-0.1, -0.05) is 6.92 Å². The normalized spacial score (nSPS) is 10.3. The van der Waals surface area contributed by atoms with Crippen molar-refractivity contribution >= 4 is 17.7 Å². The van der Waals surface area contributed by atoms with Crippen LogP contribution in [0.2, 0.25) is 0 Å². The number of hydrogen-bond donors (Lipinski definition) is 1. The summed E-state index contributed by atoms with van der Waals surface area (Å²) in [6, 6.07) is 9.79. The van der Waals surface area contributed by atoms with E-state index in [4.69, 9.17) is 4.74 Å². The maximum atomic E-state index is 5.78. The van der Waals surface area contributed by atoms with Gasteiger partial charge in [-0.05, 0) is 43.9 Å². The largest absolute Gasteiger partial charge is 0.439 e. The minimum Gasteiger partial charge on any atom is -0.439 e. The second-order valence-corrected chi connectivity index (χ2v) is 5.26. The molecule has 4 nitrogen and oxygen atoms in total. The number of ether oxygens (including phenoxy) is 1. The van der Waals surface area contributed by atoms with Crippen LogP contribution >= 0.6 is 11.8 Å². The van der Waals surface area contributed by atoms with Gasteiger partial charge in [-0.3, -0.25) is 0 Å². The van der Waals surface area contributed by atoms with Crippen LogP contribution < -0.4 is 10.1 Å². The summed E-state index contributed by atoms with van der Waals surface area (Å²) in [6.45, 7) is 4.89. The van der Waals surface area contributed by atoms with Gasteiger partial charge in [0.25, 0.3) is 0 Å². The Balaban J connectivity index is 2.12. The molecule has 106 valence electrons. The highest BCUT2D eigenvalue weighted by Crippen LogP contribution is 2.24. The monoisotopic (exact) mass is 289 g/mol. The van der Waals surface area contributed by atoms with Crippen LogP contribution in [-0.4, -0.2) is 22.8 Å². The molecule has 20 heavy (non-hydrogen) atoms. The molecular weight excluding hydrogens is 270 g/mol. The van der Waals surface area contributed by atoms with E-state index in [-0.39, 0.29) is 0 Å². The highest BCUT2D eigenvalue weighted by molar-refractivity contribution is 7.98. The third-order valence-electron chi connectivity index (χ3n) is 2.65. The lowest BCUT2D eigenvalue weighted by molar-refractivity contribution is 0.461. The number of hydrogen-bond acceptors (Lipinski definition) is 5. The van der Waals surface area contributed by atoms with Gasteiger partial charge >= 0.3 is 0 Å². The summed E-state index contributed by atoms with van der Waals surface area (Å²) >= 11 is 1.71. The first kappa shape index (κ1) is 14.7. The van der Waals surface area contributed by atoms with Crippen LogP contribution in [0.4, 0.5) is 5.95 Å². The fraction of sp³-hybridized carbons (Fsp3) is 0.333. The van der Waals surface area contributed by atoms with Gasteiger partial charge < -0.3 is 10.1 Å². The predicted molar refractivity (Wildman–Crippen MR) is 83.8 cm³/mol. The lowest BCUT2D eigenvalue weighted by Crippen LogP contribution is -2.05. The average Bonchev–Trinajstić information content (AvgIpc) is 2.45. The minimum atomic E-state index is 0.563. The van der Waals surface area contributed by atoms with E-state index in [0.717, 1.165) is 24.4 Å². The third-order valence-corrected chi connectivity index (χ3v) is 3.39. The van der Waals surface area contributed by atoms with E-state index in [1.54, 1.807) is 11.8 Å². The first-order valence-electron chi connectivity index (χ1n) is 6.62. The molecule has 1 aromatic carbocycles. The lowest BCUT2D eigenvalue weighted by atomic mass is 10.3. The Bertz CT molecular complexity index is 558. The molecule has 0 aliphatic heterocycles. The van der Waals surface area contributed by atoms with Crippen molar-refractivity contribution in [1.82, 2.24) is 9.97 Å². The molecule has 0 amide bonds. The number of thioether (sulfide) groups is 1. The molecular formula is C15H19N3OS. The summed E-state index contributed by atoms with van der Waals surface area (Å²) in [5.74, 6) is 1.96. The number of nitrogens with one attached hydrogen (secondary N) is 1. The number of aromatic nitrogens is 2. The summed E-state index contributed by atoms with van der Waals surface area (Å²) < 4.78 is 5.78. The van der Waals surface area contributed by atoms with Gasteiger partial charge in [-0.25, -0.2) is 4.98 Å². The van der Waals surface area contributed by atoms with Gasteiger partial charge in [0.15, 0.2) is 0 Å². The van der Waals surface area contributed by atoms with Crippen LogP contribution in [0.25, 0.3) is 0 Å². The number of aryl methyl sites for hydroxylation is 1. The second kappa shape index (κ2) is 7.14. The van der Waals surface area contributed by atoms with E-state index in [9.17, 15) is 0 Å². The van der Waals surface area contributed by atoms with E-state index < -0.39 is 0 Å². The average molecular weight is 289 g/mol. The summed E-state index contributed by atoms with van der Waals surface area (Å²) in [4.78, 5) is 9.90. The Labute approximate surface area is 124 Å².